The Labute approximate surface area is 74.8 Å². The van der Waals surface area contributed by atoms with Gasteiger partial charge in [0.25, 0.3) is 0 Å². The molecule has 0 heterocycles. The van der Waals surface area contributed by atoms with Gasteiger partial charge in [0.05, 0.1) is 0 Å². The van der Waals surface area contributed by atoms with Gasteiger partial charge in [0.15, 0.2) is 0 Å². The van der Waals surface area contributed by atoms with Crippen molar-refractivity contribution in [2.24, 2.45) is 0 Å². The van der Waals surface area contributed by atoms with E-state index < -0.39 is 0 Å². The maximum Gasteiger partial charge on any atom is 3.00 e. The Kier molecular flexibility index (Phi) is 4470. The molecule has 0 saturated heterocycles. The largest absolute Gasteiger partial charge is 3.00 e. The summed E-state index contributed by atoms with van der Waals surface area (Å²) in [4.78, 5) is 0. The van der Waals surface area contributed by atoms with Crippen molar-refractivity contribution in [3.8, 4) is 0 Å². The molecule has 0 aromatic rings. The molecule has 0 atom stereocenters. The Morgan fingerprint density at radius 3 is 0.571 bits per heavy atom. The third kappa shape index (κ3) is 103. The monoisotopic (exact) mass is 183 g/mol. The van der Waals surface area contributed by atoms with Crippen molar-refractivity contribution >= 4 is 0 Å². The van der Waals surface area contributed by atoms with Gasteiger partial charge in [-0.25, -0.2) is 0 Å². The molecule has 7 heavy (non-hydrogen) atoms. The molecular weight excluding hydrogens is 183 g/mol. The first-order chi connectivity index (χ1) is 0. The Hall–Kier alpha value is 1.48. The predicted molar refractivity (Wildman–Crippen MR) is 2.75 cm³/mol. The van der Waals surface area contributed by atoms with Crippen molar-refractivity contribution in [2.75, 3.05) is 0 Å². The molecule has 0 amide bonds. The summed E-state index contributed by atoms with van der Waals surface area (Å²) in [5.41, 5.74) is 0. The van der Waals surface area contributed by atoms with E-state index in [9.17, 15) is 0 Å². The van der Waals surface area contributed by atoms with Crippen LogP contribution < -0.4 is 18.9 Å². The van der Waals surface area contributed by atoms with Crippen LogP contribution in [0, 0.1) is 0 Å². The van der Waals surface area contributed by atoms with Crippen molar-refractivity contribution in [2.45, 2.75) is 0 Å². The van der Waals surface area contributed by atoms with Gasteiger partial charge >= 0.3 is 53.0 Å². The Bertz CT molecular complexity index is 9.65. The van der Waals surface area contributed by atoms with Crippen LogP contribution in [0.5, 0.6) is 0 Å². The minimum atomic E-state index is 0. The second kappa shape index (κ2) is 144. The average Bonchev–Trinajstić information content (AvgIpc) is 0. The molecule has 0 aromatic heterocycles. The first-order valence-electron chi connectivity index (χ1n) is 0. The third-order valence-electron chi connectivity index (χ3n) is 0. The van der Waals surface area contributed by atoms with Crippen molar-refractivity contribution in [3.63, 3.8) is 0 Å². The van der Waals surface area contributed by atoms with Crippen molar-refractivity contribution in [3.05, 3.63) is 0 Å². The van der Waals surface area contributed by atoms with Crippen LogP contribution in [0.25, 0.3) is 0 Å². The summed E-state index contributed by atoms with van der Waals surface area (Å²) in [6, 6.07) is 0. The first kappa shape index (κ1) is 217. The van der Waals surface area contributed by atoms with E-state index >= 15 is 0 Å². The summed E-state index contributed by atoms with van der Waals surface area (Å²) in [7, 11) is 0. The minimum absolute atomic E-state index is 0. The summed E-state index contributed by atoms with van der Waals surface area (Å²) in [6.45, 7) is 0. The van der Waals surface area contributed by atoms with Crippen LogP contribution >= 0.6 is 0 Å². The van der Waals surface area contributed by atoms with E-state index in [1.54, 1.807) is 0 Å². The summed E-state index contributed by atoms with van der Waals surface area (Å²) < 4.78 is 0. The van der Waals surface area contributed by atoms with Gasteiger partial charge in [0, 0.05) is 0 Å². The molecule has 4 nitrogen and oxygen atoms in total. The molecular formula is Fe2LiO4-2. The topological polar surface area (TPSA) is 114 Å². The van der Waals surface area contributed by atoms with Crippen LogP contribution in [0.4, 0.5) is 0 Å². The molecule has 1 radical (unpaired) electrons. The zero-order chi connectivity index (χ0) is 0. The Balaban J connectivity index is 0. The minimum Gasteiger partial charge on any atom is -2.00 e. The van der Waals surface area contributed by atoms with Crippen LogP contribution in [0.15, 0.2) is 0 Å². The van der Waals surface area contributed by atoms with Crippen LogP contribution in [0.2, 0.25) is 0 Å². The smallest absolute Gasteiger partial charge is 2.00 e. The molecule has 0 rings (SSSR count). The van der Waals surface area contributed by atoms with Crippen molar-refractivity contribution in [1.82, 2.24) is 0 Å². The fraction of sp³-hybridized carbons (Fsp3) is 0. The molecule has 0 unspecified atom stereocenters. The summed E-state index contributed by atoms with van der Waals surface area (Å²) in [5, 5.41) is 0. The van der Waals surface area contributed by atoms with Crippen LogP contribution in [0.1, 0.15) is 0 Å². The fourth-order valence-electron chi connectivity index (χ4n) is 0. The zero-order valence-corrected chi connectivity index (χ0v) is 5.55. The van der Waals surface area contributed by atoms with Gasteiger partial charge in [0.1, 0.15) is 0 Å². The van der Waals surface area contributed by atoms with Gasteiger partial charge in [-0.05, 0) is 0 Å². The average molecular weight is 183 g/mol. The fourth-order valence-corrected chi connectivity index (χ4v) is 0. The van der Waals surface area contributed by atoms with Gasteiger partial charge < -0.3 is 21.9 Å². The summed E-state index contributed by atoms with van der Waals surface area (Å²) in [6.07, 6.45) is 0. The number of hydrogen-bond donors (Lipinski definition) is 0. The van der Waals surface area contributed by atoms with Crippen LogP contribution in [-0.4, -0.2) is 0 Å². The quantitative estimate of drug-likeness (QED) is 0.347. The maximum absolute atomic E-state index is 0. The first-order valence-corrected chi connectivity index (χ1v) is 0. The summed E-state index contributed by atoms with van der Waals surface area (Å²) >= 11 is 0. The van der Waals surface area contributed by atoms with E-state index in [0.717, 1.165) is 0 Å². The second-order valence-electron chi connectivity index (χ2n) is 0. The SMILES string of the molecule is [Fe+2].[Fe+3].[Li+].[O-2].[O-2].[O-2].[O-2]. The van der Waals surface area contributed by atoms with Crippen molar-refractivity contribution < 1.29 is 74.9 Å². The van der Waals surface area contributed by atoms with Gasteiger partial charge in [-0.3, -0.25) is 0 Å². The molecule has 7 heteroatoms. The van der Waals surface area contributed by atoms with E-state index in [-0.39, 0.29) is 74.9 Å². The van der Waals surface area contributed by atoms with Gasteiger partial charge in [-0.1, -0.05) is 0 Å². The molecule has 0 aliphatic carbocycles. The predicted octanol–water partition coefficient (Wildman–Crippen LogP) is -3.48. The van der Waals surface area contributed by atoms with E-state index in [2.05, 4.69) is 0 Å². The third-order valence-corrected chi connectivity index (χ3v) is 0. The van der Waals surface area contributed by atoms with Gasteiger partial charge in [-0.2, -0.15) is 0 Å². The van der Waals surface area contributed by atoms with Crippen molar-refractivity contribution in [1.29, 1.82) is 0 Å². The van der Waals surface area contributed by atoms with E-state index in [4.69, 9.17) is 0 Å². The molecule has 0 spiro atoms. The van der Waals surface area contributed by atoms with Gasteiger partial charge in [-0.15, -0.1) is 0 Å². The van der Waals surface area contributed by atoms with E-state index in [1.165, 1.54) is 0 Å². The molecule has 0 aliphatic heterocycles. The molecule has 43 valence electrons. The zero-order valence-electron chi connectivity index (χ0n) is 3.34. The second-order valence-corrected chi connectivity index (χ2v) is 0. The molecule has 0 saturated carbocycles. The normalized spacial score (nSPS) is 0. The molecule has 0 aliphatic rings. The van der Waals surface area contributed by atoms with Gasteiger partial charge in [0.2, 0.25) is 0 Å². The molecule has 0 aromatic carbocycles. The molecule has 0 bridgehead atoms. The molecule has 0 N–H and O–H groups in total. The Morgan fingerprint density at radius 1 is 0.571 bits per heavy atom. The van der Waals surface area contributed by atoms with E-state index in [1.807, 2.05) is 0 Å². The van der Waals surface area contributed by atoms with Crippen LogP contribution in [0.3, 0.4) is 0 Å². The van der Waals surface area contributed by atoms with E-state index in [0.29, 0.717) is 0 Å². The summed E-state index contributed by atoms with van der Waals surface area (Å²) in [5.74, 6) is 0. The number of hydrogen-bond acceptors (Lipinski definition) is 0. The van der Waals surface area contributed by atoms with Crippen LogP contribution in [-0.2, 0) is 56.0 Å². The number of rotatable bonds is 0. The standard InChI is InChI=1S/2Fe.Li.4O/q+2;+3;+1;4*-2. The Morgan fingerprint density at radius 2 is 0.571 bits per heavy atom. The molecule has 0 fully saturated rings. The maximum atomic E-state index is 0.